The Bertz CT molecular complexity index is 182. The van der Waals surface area contributed by atoms with Crippen molar-refractivity contribution in [3.8, 4) is 0 Å². The lowest BCUT2D eigenvalue weighted by atomic mass is 9.57. The Morgan fingerprint density at radius 1 is 0.889 bits per heavy atom. The van der Waals surface area contributed by atoms with E-state index in [1.807, 2.05) is 0 Å². The van der Waals surface area contributed by atoms with Crippen LogP contribution in [0.15, 0.2) is 0 Å². The van der Waals surface area contributed by atoms with Crippen LogP contribution in [0.3, 0.4) is 0 Å². The average Bonchev–Trinajstić information content (AvgIpc) is 2.41. The molecule has 0 saturated heterocycles. The highest BCUT2D eigenvalue weighted by molar-refractivity contribution is 6.03. The second-order valence-electron chi connectivity index (χ2n) is 5.86. The number of nitrogens with one attached hydrogen (secondary N) is 2. The number of rotatable bonds is 10. The molecule has 2 nitrogen and oxygen atoms in total. The van der Waals surface area contributed by atoms with E-state index in [9.17, 15) is 0 Å². The number of hydrogen-bond acceptors (Lipinski definition) is 2. The van der Waals surface area contributed by atoms with E-state index >= 15 is 0 Å². The van der Waals surface area contributed by atoms with Gasteiger partial charge in [-0.3, -0.25) is 5.43 Å². The highest BCUT2D eigenvalue weighted by Gasteiger charge is 2.42. The zero-order chi connectivity index (χ0) is 14.2. The van der Waals surface area contributed by atoms with E-state index in [0.29, 0.717) is 5.41 Å². The van der Waals surface area contributed by atoms with Crippen molar-refractivity contribution < 1.29 is 0 Å². The minimum Gasteiger partial charge on any atom is -0.311 e. The minimum absolute atomic E-state index is 0.419. The predicted octanol–water partition coefficient (Wildman–Crippen LogP) is 3.68. The third-order valence-corrected chi connectivity index (χ3v) is 5.37. The summed E-state index contributed by atoms with van der Waals surface area (Å²) in [5.41, 5.74) is 3.49. The molecule has 0 fully saturated rings. The molecule has 0 aromatic carbocycles. The molecule has 18 heavy (non-hydrogen) atoms. The molecule has 0 amide bonds. The molecule has 0 aromatic heterocycles. The van der Waals surface area contributed by atoms with Crippen LogP contribution in [0.25, 0.3) is 0 Å². The third kappa shape index (κ3) is 3.99. The summed E-state index contributed by atoms with van der Waals surface area (Å²) in [4.78, 5) is 0. The molecule has 0 rings (SSSR count). The van der Waals surface area contributed by atoms with Crippen LogP contribution in [0, 0.1) is 23.2 Å². The van der Waals surface area contributed by atoms with Crippen LogP contribution in [0.5, 0.6) is 0 Å². The van der Waals surface area contributed by atoms with Gasteiger partial charge in [0.05, 0.1) is 0 Å². The zero-order valence-corrected chi connectivity index (χ0v) is 13.3. The molecule has 0 heterocycles. The van der Waals surface area contributed by atoms with E-state index in [2.05, 4.69) is 52.3 Å². The fourth-order valence-corrected chi connectivity index (χ4v) is 3.69. The largest absolute Gasteiger partial charge is 0.311 e. The second kappa shape index (κ2) is 8.98. The molecule has 0 aromatic rings. The van der Waals surface area contributed by atoms with Crippen molar-refractivity contribution in [1.29, 1.82) is 0 Å². The normalized spacial score (nSPS) is 20.1. The molecule has 0 saturated carbocycles. The van der Waals surface area contributed by atoms with Crippen molar-refractivity contribution in [1.82, 2.24) is 10.8 Å². The molecule has 0 aliphatic rings. The van der Waals surface area contributed by atoms with E-state index in [-0.39, 0.29) is 0 Å². The second-order valence-corrected chi connectivity index (χ2v) is 5.86. The molecule has 3 heteroatoms. The molecule has 0 spiro atoms. The first-order chi connectivity index (χ1) is 8.50. The Balaban J connectivity index is 5.12. The van der Waals surface area contributed by atoms with Gasteiger partial charge in [-0.05, 0) is 29.6 Å². The van der Waals surface area contributed by atoms with Crippen LogP contribution < -0.4 is 10.8 Å². The van der Waals surface area contributed by atoms with Gasteiger partial charge in [-0.2, -0.15) is 0 Å². The van der Waals surface area contributed by atoms with E-state index in [0.717, 1.165) is 24.3 Å². The van der Waals surface area contributed by atoms with Gasteiger partial charge in [0, 0.05) is 6.54 Å². The molecule has 106 valence electrons. The Morgan fingerprint density at radius 3 is 1.56 bits per heavy atom. The summed E-state index contributed by atoms with van der Waals surface area (Å²) in [6.45, 7) is 15.2. The van der Waals surface area contributed by atoms with Crippen LogP contribution in [0.2, 0.25) is 0 Å². The standard InChI is InChI=1S/C15H33BN2/c1-7-12(4)15(13(5)8-2,14(6)9-3)10-11-17-18-16/h12-14,17-18H,7-11H2,1-6H3. The summed E-state index contributed by atoms with van der Waals surface area (Å²) in [5.74, 6) is 2.26. The maximum Gasteiger partial charge on any atom is 0.201 e. The topological polar surface area (TPSA) is 24.1 Å². The Hall–Kier alpha value is -0.0151. The summed E-state index contributed by atoms with van der Waals surface area (Å²) >= 11 is 0. The Morgan fingerprint density at radius 2 is 1.28 bits per heavy atom. The van der Waals surface area contributed by atoms with Crippen LogP contribution in [0.4, 0.5) is 0 Å². The fraction of sp³-hybridized carbons (Fsp3) is 1.00. The third-order valence-electron chi connectivity index (χ3n) is 5.37. The van der Waals surface area contributed by atoms with Gasteiger partial charge < -0.3 is 5.34 Å². The van der Waals surface area contributed by atoms with E-state index in [1.54, 1.807) is 0 Å². The van der Waals surface area contributed by atoms with Gasteiger partial charge in [-0.15, -0.1) is 0 Å². The van der Waals surface area contributed by atoms with E-state index in [1.165, 1.54) is 25.7 Å². The monoisotopic (exact) mass is 252 g/mol. The SMILES string of the molecule is [B]NNCCC(C(C)CC)(C(C)CC)C(C)CC. The van der Waals surface area contributed by atoms with Crippen LogP contribution >= 0.6 is 0 Å². The molecule has 3 atom stereocenters. The molecule has 2 N–H and O–H groups in total. The zero-order valence-electron chi connectivity index (χ0n) is 13.3. The first-order valence-electron chi connectivity index (χ1n) is 7.69. The highest BCUT2D eigenvalue weighted by atomic mass is 15.3. The summed E-state index contributed by atoms with van der Waals surface area (Å²) < 4.78 is 0. The van der Waals surface area contributed by atoms with E-state index < -0.39 is 0 Å². The molecule has 3 unspecified atom stereocenters. The van der Waals surface area contributed by atoms with Crippen LogP contribution in [-0.2, 0) is 0 Å². The molecular formula is C15H33BN2. The van der Waals surface area contributed by atoms with E-state index in [4.69, 9.17) is 7.98 Å². The smallest absolute Gasteiger partial charge is 0.201 e. The predicted molar refractivity (Wildman–Crippen MR) is 82.3 cm³/mol. The first-order valence-corrected chi connectivity index (χ1v) is 7.69. The van der Waals surface area contributed by atoms with Gasteiger partial charge in [0.15, 0.2) is 0 Å². The van der Waals surface area contributed by atoms with Crippen molar-refractivity contribution in [2.24, 2.45) is 23.2 Å². The van der Waals surface area contributed by atoms with Gasteiger partial charge in [0.2, 0.25) is 7.98 Å². The average molecular weight is 252 g/mol. The highest BCUT2D eigenvalue weighted by Crippen LogP contribution is 2.49. The van der Waals surface area contributed by atoms with Gasteiger partial charge in [0.1, 0.15) is 0 Å². The lowest BCUT2D eigenvalue weighted by Gasteiger charge is -2.49. The van der Waals surface area contributed by atoms with Crippen molar-refractivity contribution in [2.75, 3.05) is 6.54 Å². The molecule has 0 aliphatic carbocycles. The quantitative estimate of drug-likeness (QED) is 0.352. The van der Waals surface area contributed by atoms with Gasteiger partial charge >= 0.3 is 0 Å². The summed E-state index contributed by atoms with van der Waals surface area (Å²) in [6.07, 6.45) is 4.95. The number of hydrazine groups is 1. The summed E-state index contributed by atoms with van der Waals surface area (Å²) in [6, 6.07) is 0. The fourth-order valence-electron chi connectivity index (χ4n) is 3.69. The van der Waals surface area contributed by atoms with Gasteiger partial charge in [0.25, 0.3) is 0 Å². The van der Waals surface area contributed by atoms with Crippen molar-refractivity contribution in [3.63, 3.8) is 0 Å². The Labute approximate surface area is 116 Å². The summed E-state index contributed by atoms with van der Waals surface area (Å²) in [5, 5.41) is 2.56. The molecule has 0 aliphatic heterocycles. The van der Waals surface area contributed by atoms with Crippen molar-refractivity contribution in [2.45, 2.75) is 67.2 Å². The van der Waals surface area contributed by atoms with Crippen LogP contribution in [0.1, 0.15) is 67.2 Å². The lowest BCUT2D eigenvalue weighted by Crippen LogP contribution is -2.44. The van der Waals surface area contributed by atoms with Crippen molar-refractivity contribution >= 4 is 7.98 Å². The first kappa shape index (κ1) is 18.0. The molecule has 0 bridgehead atoms. The van der Waals surface area contributed by atoms with Gasteiger partial charge in [-0.1, -0.05) is 60.8 Å². The Kier molecular flexibility index (Phi) is 8.97. The van der Waals surface area contributed by atoms with Crippen molar-refractivity contribution in [3.05, 3.63) is 0 Å². The summed E-state index contributed by atoms with van der Waals surface area (Å²) in [7, 11) is 5.32. The van der Waals surface area contributed by atoms with Gasteiger partial charge in [-0.25, -0.2) is 0 Å². The maximum atomic E-state index is 5.32. The molecule has 2 radical (unpaired) electrons. The number of hydrogen-bond donors (Lipinski definition) is 2. The minimum atomic E-state index is 0.419. The van der Waals surface area contributed by atoms with Crippen LogP contribution in [-0.4, -0.2) is 14.5 Å². The molecular weight excluding hydrogens is 219 g/mol. The maximum absolute atomic E-state index is 5.32. The lowest BCUT2D eigenvalue weighted by molar-refractivity contribution is 0.00700.